The van der Waals surface area contributed by atoms with Crippen molar-refractivity contribution >= 4 is 11.4 Å². The zero-order valence-electron chi connectivity index (χ0n) is 15.4. The van der Waals surface area contributed by atoms with Gasteiger partial charge in [0.2, 0.25) is 0 Å². The number of rotatable bonds is 9. The molecule has 24 heavy (non-hydrogen) atoms. The number of anilines is 2. The van der Waals surface area contributed by atoms with Crippen molar-refractivity contribution in [2.45, 2.75) is 34.1 Å². The molecule has 2 rings (SSSR count). The Bertz CT molecular complexity index is 637. The Morgan fingerprint density at radius 3 is 2.50 bits per heavy atom. The van der Waals surface area contributed by atoms with Crippen molar-refractivity contribution in [2.75, 3.05) is 30.3 Å². The van der Waals surface area contributed by atoms with Crippen LogP contribution in [-0.4, -0.2) is 19.7 Å². The van der Waals surface area contributed by atoms with Crippen LogP contribution in [0.1, 0.15) is 31.9 Å². The summed E-state index contributed by atoms with van der Waals surface area (Å²) in [4.78, 5) is 0. The summed E-state index contributed by atoms with van der Waals surface area (Å²) in [7, 11) is 0. The number of para-hydroxylation sites is 1. The second-order valence-electron chi connectivity index (χ2n) is 6.55. The summed E-state index contributed by atoms with van der Waals surface area (Å²) in [6.45, 7) is 11.2. The van der Waals surface area contributed by atoms with Crippen LogP contribution >= 0.6 is 0 Å². The third-order valence-corrected chi connectivity index (χ3v) is 3.91. The summed E-state index contributed by atoms with van der Waals surface area (Å²) in [6.07, 6.45) is 1.05. The molecule has 0 saturated carbocycles. The monoisotopic (exact) mass is 326 g/mol. The van der Waals surface area contributed by atoms with E-state index in [0.717, 1.165) is 37.6 Å². The summed E-state index contributed by atoms with van der Waals surface area (Å²) in [5.74, 6) is 1.46. The first-order valence-electron chi connectivity index (χ1n) is 8.89. The van der Waals surface area contributed by atoms with E-state index in [4.69, 9.17) is 4.74 Å². The van der Waals surface area contributed by atoms with Gasteiger partial charge in [-0.2, -0.15) is 0 Å². The van der Waals surface area contributed by atoms with Crippen LogP contribution in [0, 0.1) is 12.8 Å². The standard InChI is InChI=1S/C21H30N2O/c1-5-18-9-6-8-17(4)21(18)23-13-12-22-19-10-7-11-20(14-19)24-15-16(2)3/h6-11,14,16,22-23H,5,12-13,15H2,1-4H3. The minimum Gasteiger partial charge on any atom is -0.493 e. The van der Waals surface area contributed by atoms with Gasteiger partial charge in [-0.3, -0.25) is 0 Å². The van der Waals surface area contributed by atoms with E-state index in [9.17, 15) is 0 Å². The molecule has 0 aliphatic heterocycles. The fraction of sp³-hybridized carbons (Fsp3) is 0.429. The number of benzene rings is 2. The summed E-state index contributed by atoms with van der Waals surface area (Å²) in [6, 6.07) is 14.7. The highest BCUT2D eigenvalue weighted by atomic mass is 16.5. The topological polar surface area (TPSA) is 33.3 Å². The maximum absolute atomic E-state index is 5.77. The van der Waals surface area contributed by atoms with Crippen LogP contribution in [0.15, 0.2) is 42.5 Å². The van der Waals surface area contributed by atoms with Crippen LogP contribution in [0.4, 0.5) is 11.4 Å². The molecule has 3 nitrogen and oxygen atoms in total. The molecule has 0 heterocycles. The Morgan fingerprint density at radius 2 is 1.75 bits per heavy atom. The molecule has 2 aromatic rings. The maximum atomic E-state index is 5.77. The average molecular weight is 326 g/mol. The molecule has 0 fully saturated rings. The molecule has 0 radical (unpaired) electrons. The number of hydrogen-bond acceptors (Lipinski definition) is 3. The van der Waals surface area contributed by atoms with Gasteiger partial charge in [-0.15, -0.1) is 0 Å². The lowest BCUT2D eigenvalue weighted by Crippen LogP contribution is -2.15. The van der Waals surface area contributed by atoms with Gasteiger partial charge in [-0.1, -0.05) is 45.0 Å². The minimum absolute atomic E-state index is 0.535. The van der Waals surface area contributed by atoms with E-state index in [1.165, 1.54) is 16.8 Å². The zero-order valence-corrected chi connectivity index (χ0v) is 15.4. The Hall–Kier alpha value is -2.16. The predicted molar refractivity (Wildman–Crippen MR) is 104 cm³/mol. The summed E-state index contributed by atoms with van der Waals surface area (Å²) in [5.41, 5.74) is 5.05. The Labute approximate surface area is 146 Å². The lowest BCUT2D eigenvalue weighted by atomic mass is 10.1. The molecule has 0 aromatic heterocycles. The molecule has 0 unspecified atom stereocenters. The Balaban J connectivity index is 1.83. The number of nitrogens with one attached hydrogen (secondary N) is 2. The van der Waals surface area contributed by atoms with Crippen molar-refractivity contribution in [1.29, 1.82) is 0 Å². The molecule has 130 valence electrons. The zero-order chi connectivity index (χ0) is 17.4. The van der Waals surface area contributed by atoms with E-state index in [-0.39, 0.29) is 0 Å². The molecule has 0 aliphatic carbocycles. The van der Waals surface area contributed by atoms with E-state index in [1.54, 1.807) is 0 Å². The highest BCUT2D eigenvalue weighted by Gasteiger charge is 2.03. The van der Waals surface area contributed by atoms with Gasteiger partial charge in [0, 0.05) is 30.5 Å². The molecule has 0 amide bonds. The van der Waals surface area contributed by atoms with Crippen molar-refractivity contribution in [2.24, 2.45) is 5.92 Å². The van der Waals surface area contributed by atoms with Crippen LogP contribution in [0.3, 0.4) is 0 Å². The molecule has 3 heteroatoms. The number of ether oxygens (including phenoxy) is 1. The molecule has 0 atom stereocenters. The van der Waals surface area contributed by atoms with Crippen LogP contribution < -0.4 is 15.4 Å². The van der Waals surface area contributed by atoms with E-state index >= 15 is 0 Å². The van der Waals surface area contributed by atoms with Gasteiger partial charge in [0.15, 0.2) is 0 Å². The van der Waals surface area contributed by atoms with Gasteiger partial charge in [-0.25, -0.2) is 0 Å². The van der Waals surface area contributed by atoms with Gasteiger partial charge in [-0.05, 0) is 42.5 Å². The fourth-order valence-corrected chi connectivity index (χ4v) is 2.63. The minimum atomic E-state index is 0.535. The van der Waals surface area contributed by atoms with E-state index in [1.807, 2.05) is 12.1 Å². The van der Waals surface area contributed by atoms with E-state index in [2.05, 4.69) is 68.7 Å². The van der Waals surface area contributed by atoms with Crippen molar-refractivity contribution in [3.8, 4) is 5.75 Å². The first-order valence-corrected chi connectivity index (χ1v) is 8.89. The van der Waals surface area contributed by atoms with Crippen LogP contribution in [0.2, 0.25) is 0 Å². The van der Waals surface area contributed by atoms with Crippen LogP contribution in [0.5, 0.6) is 5.75 Å². The van der Waals surface area contributed by atoms with E-state index in [0.29, 0.717) is 5.92 Å². The van der Waals surface area contributed by atoms with Crippen LogP contribution in [0.25, 0.3) is 0 Å². The van der Waals surface area contributed by atoms with Gasteiger partial charge in [0.25, 0.3) is 0 Å². The molecule has 0 spiro atoms. The Morgan fingerprint density at radius 1 is 1.00 bits per heavy atom. The highest BCUT2D eigenvalue weighted by molar-refractivity contribution is 5.57. The second-order valence-corrected chi connectivity index (χ2v) is 6.55. The number of hydrogen-bond donors (Lipinski definition) is 2. The number of aryl methyl sites for hydroxylation is 2. The average Bonchev–Trinajstić information content (AvgIpc) is 2.58. The highest BCUT2D eigenvalue weighted by Crippen LogP contribution is 2.21. The van der Waals surface area contributed by atoms with E-state index < -0.39 is 0 Å². The lowest BCUT2D eigenvalue weighted by Gasteiger charge is -2.15. The normalized spacial score (nSPS) is 10.7. The summed E-state index contributed by atoms with van der Waals surface area (Å²) in [5, 5.41) is 7.02. The van der Waals surface area contributed by atoms with Gasteiger partial charge < -0.3 is 15.4 Å². The molecule has 0 bridgehead atoms. The van der Waals surface area contributed by atoms with Crippen molar-refractivity contribution in [1.82, 2.24) is 0 Å². The smallest absolute Gasteiger partial charge is 0.121 e. The second kappa shape index (κ2) is 9.21. The quantitative estimate of drug-likeness (QED) is 0.628. The third-order valence-electron chi connectivity index (χ3n) is 3.91. The first-order chi connectivity index (χ1) is 11.6. The molecule has 2 N–H and O–H groups in total. The SMILES string of the molecule is CCc1cccc(C)c1NCCNc1cccc(OCC(C)C)c1. The Kier molecular flexibility index (Phi) is 6.98. The summed E-state index contributed by atoms with van der Waals surface area (Å²) >= 11 is 0. The predicted octanol–water partition coefficient (Wildman–Crippen LogP) is 5.12. The summed E-state index contributed by atoms with van der Waals surface area (Å²) < 4.78 is 5.77. The van der Waals surface area contributed by atoms with Crippen molar-refractivity contribution < 1.29 is 4.74 Å². The van der Waals surface area contributed by atoms with Crippen molar-refractivity contribution in [3.05, 3.63) is 53.6 Å². The largest absolute Gasteiger partial charge is 0.493 e. The van der Waals surface area contributed by atoms with Gasteiger partial charge in [0.05, 0.1) is 6.61 Å². The first kappa shape index (κ1) is 18.2. The molecule has 2 aromatic carbocycles. The van der Waals surface area contributed by atoms with Gasteiger partial charge >= 0.3 is 0 Å². The molecular weight excluding hydrogens is 296 g/mol. The van der Waals surface area contributed by atoms with Gasteiger partial charge in [0.1, 0.15) is 5.75 Å². The lowest BCUT2D eigenvalue weighted by molar-refractivity contribution is 0.271. The molecule has 0 saturated heterocycles. The van der Waals surface area contributed by atoms with Crippen LogP contribution in [-0.2, 0) is 6.42 Å². The molecular formula is C21H30N2O. The third kappa shape index (κ3) is 5.48. The maximum Gasteiger partial charge on any atom is 0.121 e. The van der Waals surface area contributed by atoms with Crippen molar-refractivity contribution in [3.63, 3.8) is 0 Å². The fourth-order valence-electron chi connectivity index (χ4n) is 2.63. The molecule has 0 aliphatic rings.